The Labute approximate surface area is 72.7 Å². The molecule has 0 saturated heterocycles. The summed E-state index contributed by atoms with van der Waals surface area (Å²) in [5, 5.41) is 5.27. The van der Waals surface area contributed by atoms with Crippen molar-refractivity contribution in [1.82, 2.24) is 0 Å². The van der Waals surface area contributed by atoms with Gasteiger partial charge in [0, 0.05) is 0 Å². The van der Waals surface area contributed by atoms with E-state index in [2.05, 4.69) is 36.8 Å². The quantitative estimate of drug-likeness (QED) is 0.612. The first-order valence-corrected chi connectivity index (χ1v) is 5.85. The van der Waals surface area contributed by atoms with Gasteiger partial charge in [0.25, 0.3) is 0 Å². The molecule has 0 aromatic heterocycles. The molecule has 1 atom stereocenters. The van der Waals surface area contributed by atoms with Crippen LogP contribution in [0, 0.1) is 6.92 Å². The molecule has 1 rings (SSSR count). The van der Waals surface area contributed by atoms with Gasteiger partial charge in [-0.2, -0.15) is 0 Å². The maximum Gasteiger partial charge on any atom is -0.00695 e. The summed E-state index contributed by atoms with van der Waals surface area (Å²) in [6.45, 7) is 6.42. The Morgan fingerprint density at radius 2 is 2.00 bits per heavy atom. The number of hydrogen-bond donors (Lipinski definition) is 1. The van der Waals surface area contributed by atoms with Crippen LogP contribution in [0.5, 0.6) is 0 Å². The number of thiol groups is 1. The average Bonchev–Trinajstić information content (AvgIpc) is 2.52. The molecule has 1 heterocycles. The normalized spacial score (nSPS) is 21.1. The van der Waals surface area contributed by atoms with E-state index in [0.29, 0.717) is 5.25 Å². The van der Waals surface area contributed by atoms with E-state index in [-0.39, 0.29) is 10.9 Å². The van der Waals surface area contributed by atoms with Gasteiger partial charge in [0.2, 0.25) is 0 Å². The van der Waals surface area contributed by atoms with E-state index >= 15 is 0 Å². The summed E-state index contributed by atoms with van der Waals surface area (Å²) in [5.74, 6) is 0. The van der Waals surface area contributed by atoms with Crippen LogP contribution in [-0.4, -0.2) is 5.25 Å². The van der Waals surface area contributed by atoms with Crippen LogP contribution in [0.1, 0.15) is 26.2 Å². The molecule has 0 nitrogen and oxygen atoms in total. The van der Waals surface area contributed by atoms with Crippen LogP contribution in [0.3, 0.4) is 0 Å². The van der Waals surface area contributed by atoms with Crippen molar-refractivity contribution in [2.75, 3.05) is 0 Å². The first kappa shape index (κ1) is 8.92. The molecule has 0 spiro atoms. The fourth-order valence-corrected chi connectivity index (χ4v) is 2.84. The molecule has 0 fully saturated rings. The second kappa shape index (κ2) is 4.66. The second-order valence-electron chi connectivity index (χ2n) is 2.93. The standard InChI is InChI=1S/C10H17S/c1-3-4-7-10(2)11-8-5-6-9-11/h5-6,8-11H,2-4,7H2,1H3. The third-order valence-corrected chi connectivity index (χ3v) is 4.07. The summed E-state index contributed by atoms with van der Waals surface area (Å²) < 4.78 is 0. The number of rotatable bonds is 4. The molecule has 1 aliphatic heterocycles. The summed E-state index contributed by atoms with van der Waals surface area (Å²) in [6, 6.07) is 0. The zero-order valence-electron chi connectivity index (χ0n) is 7.16. The van der Waals surface area contributed by atoms with E-state index in [4.69, 9.17) is 0 Å². The van der Waals surface area contributed by atoms with Gasteiger partial charge in [-0.3, -0.25) is 0 Å². The van der Waals surface area contributed by atoms with Crippen LogP contribution in [0.25, 0.3) is 0 Å². The average molecular weight is 169 g/mol. The first-order valence-electron chi connectivity index (χ1n) is 4.30. The van der Waals surface area contributed by atoms with Crippen LogP contribution in [0.15, 0.2) is 23.0 Å². The Morgan fingerprint density at radius 3 is 2.55 bits per heavy atom. The molecule has 0 bridgehead atoms. The Balaban J connectivity index is 2.24. The fourth-order valence-electron chi connectivity index (χ4n) is 1.18. The van der Waals surface area contributed by atoms with Gasteiger partial charge in [-0.15, -0.1) is 0 Å². The predicted octanol–water partition coefficient (Wildman–Crippen LogP) is 3.42. The molecule has 1 unspecified atom stereocenters. The number of allylic oxidation sites excluding steroid dienone is 2. The van der Waals surface area contributed by atoms with E-state index in [1.54, 1.807) is 0 Å². The summed E-state index contributed by atoms with van der Waals surface area (Å²) in [7, 11) is 0.00984. The Kier molecular flexibility index (Phi) is 3.78. The van der Waals surface area contributed by atoms with Crippen molar-refractivity contribution >= 4 is 10.9 Å². The van der Waals surface area contributed by atoms with E-state index < -0.39 is 0 Å². The zero-order valence-corrected chi connectivity index (χ0v) is 8.06. The van der Waals surface area contributed by atoms with Crippen molar-refractivity contribution in [1.29, 1.82) is 0 Å². The highest BCUT2D eigenvalue weighted by Gasteiger charge is 2.08. The van der Waals surface area contributed by atoms with Gasteiger partial charge in [-0.05, 0) is 29.4 Å². The molecule has 0 amide bonds. The first-order chi connectivity index (χ1) is 5.34. The molecule has 1 radical (unpaired) electrons. The van der Waals surface area contributed by atoms with Gasteiger partial charge >= 0.3 is 0 Å². The molecule has 1 heteroatoms. The highest BCUT2D eigenvalue weighted by atomic mass is 32.2. The molecule has 11 heavy (non-hydrogen) atoms. The smallest absolute Gasteiger partial charge is 0.00695 e. The molecule has 0 N–H and O–H groups in total. The van der Waals surface area contributed by atoms with Crippen LogP contribution in [-0.2, 0) is 0 Å². The largest absolute Gasteiger partial charge is 0.210 e. The molecule has 0 aliphatic carbocycles. The molecule has 0 saturated carbocycles. The van der Waals surface area contributed by atoms with E-state index in [1.807, 2.05) is 0 Å². The van der Waals surface area contributed by atoms with Crippen molar-refractivity contribution < 1.29 is 0 Å². The van der Waals surface area contributed by atoms with Crippen molar-refractivity contribution in [3.8, 4) is 0 Å². The Bertz CT molecular complexity index is 146. The predicted molar refractivity (Wildman–Crippen MR) is 55.9 cm³/mol. The SMILES string of the molecule is [CH2]C(CCCC)[SH]1C=CC=C1. The topological polar surface area (TPSA) is 0 Å². The summed E-state index contributed by atoms with van der Waals surface area (Å²) >= 11 is 0. The van der Waals surface area contributed by atoms with Gasteiger partial charge in [0.1, 0.15) is 0 Å². The molecule has 1 aliphatic rings. The van der Waals surface area contributed by atoms with Crippen LogP contribution >= 0.6 is 10.9 Å². The minimum atomic E-state index is 0.00984. The molecular formula is C10H17S. The number of unbranched alkanes of at least 4 members (excludes halogenated alkanes) is 1. The van der Waals surface area contributed by atoms with Crippen LogP contribution in [0.2, 0.25) is 0 Å². The van der Waals surface area contributed by atoms with Gasteiger partial charge in [-0.25, -0.2) is 10.9 Å². The van der Waals surface area contributed by atoms with E-state index in [1.165, 1.54) is 19.3 Å². The molecular weight excluding hydrogens is 152 g/mol. The van der Waals surface area contributed by atoms with Gasteiger partial charge in [0.15, 0.2) is 0 Å². The summed E-state index contributed by atoms with van der Waals surface area (Å²) in [5.41, 5.74) is 0. The number of hydrogen-bond acceptors (Lipinski definition) is 0. The fraction of sp³-hybridized carbons (Fsp3) is 0.500. The maximum absolute atomic E-state index is 4.18. The monoisotopic (exact) mass is 169 g/mol. The van der Waals surface area contributed by atoms with Gasteiger partial charge in [-0.1, -0.05) is 31.9 Å². The third-order valence-electron chi connectivity index (χ3n) is 1.94. The van der Waals surface area contributed by atoms with Crippen molar-refractivity contribution in [3.05, 3.63) is 29.9 Å². The highest BCUT2D eigenvalue weighted by Crippen LogP contribution is 2.39. The molecule has 0 aromatic carbocycles. The van der Waals surface area contributed by atoms with Crippen LogP contribution < -0.4 is 0 Å². The lowest BCUT2D eigenvalue weighted by molar-refractivity contribution is 0.736. The van der Waals surface area contributed by atoms with Gasteiger partial charge < -0.3 is 0 Å². The Morgan fingerprint density at radius 1 is 1.36 bits per heavy atom. The maximum atomic E-state index is 4.18. The highest BCUT2D eigenvalue weighted by molar-refractivity contribution is 8.22. The second-order valence-corrected chi connectivity index (χ2v) is 5.15. The Hall–Kier alpha value is -0.170. The van der Waals surface area contributed by atoms with E-state index in [0.717, 1.165) is 0 Å². The summed E-state index contributed by atoms with van der Waals surface area (Å²) in [6.07, 6.45) is 8.21. The zero-order chi connectivity index (χ0) is 8.10. The minimum absolute atomic E-state index is 0.00984. The lowest BCUT2D eigenvalue weighted by Gasteiger charge is -2.18. The van der Waals surface area contributed by atoms with Crippen molar-refractivity contribution in [2.24, 2.45) is 0 Å². The lowest BCUT2D eigenvalue weighted by Crippen LogP contribution is -1.98. The van der Waals surface area contributed by atoms with Crippen molar-refractivity contribution in [3.63, 3.8) is 0 Å². The molecule has 63 valence electrons. The lowest BCUT2D eigenvalue weighted by atomic mass is 10.2. The minimum Gasteiger partial charge on any atom is -0.210 e. The molecule has 0 aromatic rings. The van der Waals surface area contributed by atoms with Gasteiger partial charge in [0.05, 0.1) is 0 Å². The third kappa shape index (κ3) is 2.74. The van der Waals surface area contributed by atoms with Crippen LogP contribution in [0.4, 0.5) is 0 Å². The van der Waals surface area contributed by atoms with E-state index in [9.17, 15) is 0 Å². The van der Waals surface area contributed by atoms with Crippen molar-refractivity contribution in [2.45, 2.75) is 31.4 Å². The summed E-state index contributed by atoms with van der Waals surface area (Å²) in [4.78, 5) is 0.